The summed E-state index contributed by atoms with van der Waals surface area (Å²) in [6.07, 6.45) is 0. The molecule has 0 saturated carbocycles. The molecule has 3 aromatic rings. The molecule has 1 N–H and O–H groups in total. The summed E-state index contributed by atoms with van der Waals surface area (Å²) < 4.78 is 0.761. The average Bonchev–Trinajstić information content (AvgIpc) is 3.27. The third kappa shape index (κ3) is 5.62. The number of benzene rings is 2. The number of rotatable bonds is 6. The maximum atomic E-state index is 12.7. The van der Waals surface area contributed by atoms with Gasteiger partial charge in [0.15, 0.2) is 4.34 Å². The van der Waals surface area contributed by atoms with Gasteiger partial charge in [-0.05, 0) is 31.2 Å². The molecule has 0 bridgehead atoms. The van der Waals surface area contributed by atoms with Gasteiger partial charge in [-0.2, -0.15) is 0 Å². The smallest absolute Gasteiger partial charge is 0.253 e. The van der Waals surface area contributed by atoms with Crippen LogP contribution >= 0.6 is 23.1 Å². The van der Waals surface area contributed by atoms with E-state index in [0.29, 0.717) is 26.2 Å². The Morgan fingerprint density at radius 2 is 1.81 bits per heavy atom. The number of hydrogen-bond donors (Lipinski definition) is 1. The zero-order valence-electron chi connectivity index (χ0n) is 17.2. The van der Waals surface area contributed by atoms with Gasteiger partial charge in [-0.3, -0.25) is 9.59 Å². The summed E-state index contributed by atoms with van der Waals surface area (Å²) in [5.41, 5.74) is 2.60. The minimum Gasteiger partial charge on any atom is -0.343 e. The van der Waals surface area contributed by atoms with E-state index >= 15 is 0 Å². The van der Waals surface area contributed by atoms with Gasteiger partial charge in [0.05, 0.1) is 5.75 Å². The Morgan fingerprint density at radius 1 is 1.03 bits per heavy atom. The first-order chi connectivity index (χ1) is 15.1. The van der Waals surface area contributed by atoms with Crippen molar-refractivity contribution in [1.29, 1.82) is 0 Å². The molecule has 1 aliphatic heterocycles. The van der Waals surface area contributed by atoms with Crippen LogP contribution in [0.1, 0.15) is 15.9 Å². The van der Waals surface area contributed by atoms with Crippen molar-refractivity contribution in [3.63, 3.8) is 0 Å². The summed E-state index contributed by atoms with van der Waals surface area (Å²) in [4.78, 5) is 28.9. The van der Waals surface area contributed by atoms with E-state index in [0.717, 1.165) is 26.3 Å². The van der Waals surface area contributed by atoms with E-state index in [9.17, 15) is 9.59 Å². The van der Waals surface area contributed by atoms with E-state index in [1.54, 1.807) is 0 Å². The summed E-state index contributed by atoms with van der Waals surface area (Å²) in [6.45, 7) is 4.71. The normalized spacial score (nSPS) is 13.8. The third-order valence-corrected chi connectivity index (χ3v) is 7.00. The fourth-order valence-corrected chi connectivity index (χ4v) is 4.99. The van der Waals surface area contributed by atoms with E-state index in [1.807, 2.05) is 66.4 Å². The lowest BCUT2D eigenvalue weighted by Gasteiger charge is -2.34. The second-order valence-corrected chi connectivity index (χ2v) is 9.38. The van der Waals surface area contributed by atoms with Gasteiger partial charge in [-0.15, -0.1) is 10.2 Å². The second kappa shape index (κ2) is 9.93. The molecule has 0 radical (unpaired) electrons. The van der Waals surface area contributed by atoms with Gasteiger partial charge in [0.1, 0.15) is 0 Å². The van der Waals surface area contributed by atoms with Crippen molar-refractivity contribution in [2.24, 2.45) is 0 Å². The van der Waals surface area contributed by atoms with Gasteiger partial charge in [0.2, 0.25) is 11.0 Å². The molecule has 0 spiro atoms. The molecule has 0 atom stereocenters. The number of thioether (sulfide) groups is 1. The first kappa shape index (κ1) is 21.3. The number of carbonyl (C=O) groups excluding carboxylic acids is 2. The molecule has 4 rings (SSSR count). The van der Waals surface area contributed by atoms with Crippen LogP contribution in [0.5, 0.6) is 0 Å². The summed E-state index contributed by atoms with van der Waals surface area (Å²) in [7, 11) is 0. The topological polar surface area (TPSA) is 78.4 Å². The third-order valence-electron chi connectivity index (χ3n) is 4.88. The number of para-hydroxylation sites is 1. The Morgan fingerprint density at radius 3 is 2.55 bits per heavy atom. The number of amides is 2. The lowest BCUT2D eigenvalue weighted by Crippen LogP contribution is -2.48. The van der Waals surface area contributed by atoms with Gasteiger partial charge < -0.3 is 15.1 Å². The monoisotopic (exact) mass is 453 g/mol. The summed E-state index contributed by atoms with van der Waals surface area (Å²) >= 11 is 2.86. The molecule has 31 heavy (non-hydrogen) atoms. The lowest BCUT2D eigenvalue weighted by atomic mass is 10.1. The molecular weight excluding hydrogens is 430 g/mol. The molecule has 7 nitrogen and oxygen atoms in total. The van der Waals surface area contributed by atoms with Crippen LogP contribution in [0.25, 0.3) is 0 Å². The van der Waals surface area contributed by atoms with Gasteiger partial charge >= 0.3 is 0 Å². The van der Waals surface area contributed by atoms with Crippen LogP contribution in [0.4, 0.5) is 10.8 Å². The van der Waals surface area contributed by atoms with Crippen LogP contribution in [-0.2, 0) is 4.79 Å². The van der Waals surface area contributed by atoms with Crippen molar-refractivity contribution in [1.82, 2.24) is 15.1 Å². The van der Waals surface area contributed by atoms with Crippen molar-refractivity contribution >= 4 is 45.7 Å². The number of aryl methyl sites for hydroxylation is 1. The minimum atomic E-state index is -0.0729. The number of aromatic nitrogens is 2. The summed E-state index contributed by atoms with van der Waals surface area (Å²) in [5, 5.41) is 12.2. The van der Waals surface area contributed by atoms with E-state index in [4.69, 9.17) is 0 Å². The minimum absolute atomic E-state index is 0.0706. The Labute approximate surface area is 189 Å². The molecule has 2 heterocycles. The Kier molecular flexibility index (Phi) is 6.83. The van der Waals surface area contributed by atoms with E-state index in [-0.39, 0.29) is 17.6 Å². The molecule has 0 aliphatic carbocycles. The molecule has 2 amide bonds. The van der Waals surface area contributed by atoms with Crippen molar-refractivity contribution in [2.75, 3.05) is 42.1 Å². The van der Waals surface area contributed by atoms with E-state index < -0.39 is 0 Å². The predicted octanol–water partition coefficient (Wildman–Crippen LogP) is 3.54. The highest BCUT2D eigenvalue weighted by molar-refractivity contribution is 8.01. The van der Waals surface area contributed by atoms with Crippen molar-refractivity contribution < 1.29 is 9.59 Å². The molecule has 9 heteroatoms. The SMILES string of the molecule is Cc1cccc(C(=O)N2CCN(c3nnc(SCC(=O)Nc4ccccc4)s3)CC2)c1. The van der Waals surface area contributed by atoms with Crippen molar-refractivity contribution in [3.05, 3.63) is 65.7 Å². The first-order valence-corrected chi connectivity index (χ1v) is 11.8. The van der Waals surface area contributed by atoms with Crippen LogP contribution in [0.3, 0.4) is 0 Å². The molecule has 160 valence electrons. The first-order valence-electron chi connectivity index (χ1n) is 10.0. The number of hydrogen-bond acceptors (Lipinski definition) is 7. The molecule has 1 saturated heterocycles. The zero-order chi connectivity index (χ0) is 21.6. The van der Waals surface area contributed by atoms with Gasteiger partial charge in [0.25, 0.3) is 5.91 Å². The number of nitrogens with zero attached hydrogens (tertiary/aromatic N) is 4. The highest BCUT2D eigenvalue weighted by Crippen LogP contribution is 2.29. The number of piperazine rings is 1. The second-order valence-electron chi connectivity index (χ2n) is 7.20. The van der Waals surface area contributed by atoms with Crippen LogP contribution in [0, 0.1) is 6.92 Å². The van der Waals surface area contributed by atoms with E-state index in [1.165, 1.54) is 23.1 Å². The van der Waals surface area contributed by atoms with Gasteiger partial charge in [0, 0.05) is 37.4 Å². The standard InChI is InChI=1S/C22H23N5O2S2/c1-16-6-5-7-17(14-16)20(29)26-10-12-27(13-11-26)21-24-25-22(31-21)30-15-19(28)23-18-8-3-2-4-9-18/h2-9,14H,10-13,15H2,1H3,(H,23,28). The van der Waals surface area contributed by atoms with Crippen LogP contribution in [0.2, 0.25) is 0 Å². The maximum Gasteiger partial charge on any atom is 0.253 e. The molecule has 0 unspecified atom stereocenters. The Bertz CT molecular complexity index is 1050. The predicted molar refractivity (Wildman–Crippen MR) is 125 cm³/mol. The molecule has 1 aliphatic rings. The summed E-state index contributed by atoms with van der Waals surface area (Å²) in [6, 6.07) is 17.1. The Balaban J connectivity index is 1.26. The van der Waals surface area contributed by atoms with Gasteiger partial charge in [-0.1, -0.05) is 59.0 Å². The lowest BCUT2D eigenvalue weighted by molar-refractivity contribution is -0.113. The molecular formula is C22H23N5O2S2. The highest BCUT2D eigenvalue weighted by atomic mass is 32.2. The number of anilines is 2. The van der Waals surface area contributed by atoms with Crippen molar-refractivity contribution in [2.45, 2.75) is 11.3 Å². The fourth-order valence-electron chi connectivity index (χ4n) is 3.30. The molecule has 1 aromatic heterocycles. The van der Waals surface area contributed by atoms with E-state index in [2.05, 4.69) is 20.4 Å². The van der Waals surface area contributed by atoms with Crippen molar-refractivity contribution in [3.8, 4) is 0 Å². The van der Waals surface area contributed by atoms with Crippen LogP contribution in [-0.4, -0.2) is 58.8 Å². The number of nitrogens with one attached hydrogen (secondary N) is 1. The van der Waals surface area contributed by atoms with Crippen LogP contribution in [0.15, 0.2) is 58.9 Å². The molecule has 2 aromatic carbocycles. The number of carbonyl (C=O) groups is 2. The summed E-state index contributed by atoms with van der Waals surface area (Å²) in [5.74, 6) is 0.278. The highest BCUT2D eigenvalue weighted by Gasteiger charge is 2.24. The molecule has 1 fully saturated rings. The average molecular weight is 454 g/mol. The maximum absolute atomic E-state index is 12.7. The Hall–Kier alpha value is -2.91. The van der Waals surface area contributed by atoms with Crippen LogP contribution < -0.4 is 10.2 Å². The largest absolute Gasteiger partial charge is 0.343 e. The fraction of sp³-hybridized carbons (Fsp3) is 0.273. The van der Waals surface area contributed by atoms with Gasteiger partial charge in [-0.25, -0.2) is 0 Å². The quantitative estimate of drug-likeness (QED) is 0.575. The zero-order valence-corrected chi connectivity index (χ0v) is 18.8.